The highest BCUT2D eigenvalue weighted by Gasteiger charge is 2.42. The summed E-state index contributed by atoms with van der Waals surface area (Å²) in [6.45, 7) is 1.64. The largest absolute Gasteiger partial charge is 0.485 e. The van der Waals surface area contributed by atoms with Gasteiger partial charge in [0.2, 0.25) is 0 Å². The molecule has 0 radical (unpaired) electrons. The van der Waals surface area contributed by atoms with E-state index in [2.05, 4.69) is 4.98 Å². The fourth-order valence-electron chi connectivity index (χ4n) is 3.42. The number of pyridine rings is 1. The highest BCUT2D eigenvalue weighted by Crippen LogP contribution is 2.40. The van der Waals surface area contributed by atoms with Gasteiger partial charge in [-0.2, -0.15) is 13.2 Å². The first-order chi connectivity index (χ1) is 15.7. The lowest BCUT2D eigenvalue weighted by molar-refractivity contribution is -0.170. The van der Waals surface area contributed by atoms with Gasteiger partial charge in [-0.15, -0.1) is 0 Å². The van der Waals surface area contributed by atoms with E-state index in [1.807, 2.05) is 12.1 Å². The molecule has 1 aromatic heterocycles. The van der Waals surface area contributed by atoms with Gasteiger partial charge in [0.25, 0.3) is 0 Å². The van der Waals surface area contributed by atoms with E-state index < -0.39 is 24.3 Å². The first kappa shape index (κ1) is 24.3. The number of aryl methyl sites for hydroxylation is 1. The van der Waals surface area contributed by atoms with E-state index in [-0.39, 0.29) is 11.4 Å². The Morgan fingerprint density at radius 2 is 1.82 bits per heavy atom. The van der Waals surface area contributed by atoms with Crippen molar-refractivity contribution in [2.24, 2.45) is 0 Å². The average Bonchev–Trinajstić information content (AvgIpc) is 2.82. The van der Waals surface area contributed by atoms with E-state index in [1.165, 1.54) is 6.07 Å². The lowest BCUT2D eigenvalue weighted by Gasteiger charge is -2.27. The van der Waals surface area contributed by atoms with Crippen molar-refractivity contribution in [3.63, 3.8) is 0 Å². The molecule has 174 valence electrons. The van der Waals surface area contributed by atoms with Crippen LogP contribution < -0.4 is 9.64 Å². The second kappa shape index (κ2) is 10.5. The summed E-state index contributed by atoms with van der Waals surface area (Å²) in [4.78, 5) is 16.5. The van der Waals surface area contributed by atoms with Crippen LogP contribution in [0.3, 0.4) is 0 Å². The molecule has 2 unspecified atom stereocenters. The van der Waals surface area contributed by atoms with E-state index in [9.17, 15) is 23.1 Å². The third-order valence-corrected chi connectivity index (χ3v) is 5.28. The molecular formula is C25H25F3N2O3. The molecule has 0 bridgehead atoms. The summed E-state index contributed by atoms with van der Waals surface area (Å²) in [5, 5.41) is 10.7. The molecule has 2 aromatic carbocycles. The fourth-order valence-corrected chi connectivity index (χ4v) is 3.42. The number of carbonyl (C=O) groups excluding carboxylic acids is 1. The van der Waals surface area contributed by atoms with Crippen LogP contribution in [0.2, 0.25) is 0 Å². The molecule has 1 heterocycles. The quantitative estimate of drug-likeness (QED) is 0.514. The van der Waals surface area contributed by atoms with Gasteiger partial charge in [0.1, 0.15) is 6.10 Å². The highest BCUT2D eigenvalue weighted by atomic mass is 19.4. The molecule has 0 spiro atoms. The number of ether oxygens (including phenoxy) is 1. The fraction of sp³-hybridized carbons (Fsp3) is 0.280. The van der Waals surface area contributed by atoms with Crippen LogP contribution in [0.1, 0.15) is 18.9 Å². The third-order valence-electron chi connectivity index (χ3n) is 5.28. The number of rotatable bonds is 8. The third kappa shape index (κ3) is 6.10. The number of anilines is 1. The number of hydrogen-bond acceptors (Lipinski definition) is 4. The van der Waals surface area contributed by atoms with Gasteiger partial charge in [0.05, 0.1) is 11.8 Å². The topological polar surface area (TPSA) is 62.7 Å². The Morgan fingerprint density at radius 1 is 1.09 bits per heavy atom. The van der Waals surface area contributed by atoms with Gasteiger partial charge < -0.3 is 14.7 Å². The summed E-state index contributed by atoms with van der Waals surface area (Å²) in [6.07, 6.45) is -2.39. The van der Waals surface area contributed by atoms with Gasteiger partial charge in [-0.3, -0.25) is 9.78 Å². The maximum Gasteiger partial charge on any atom is 0.471 e. The van der Waals surface area contributed by atoms with E-state index >= 15 is 0 Å². The standard InChI is InChI=1S/C25H25F3N2O3/c1-17(22(31)14-13-18-8-7-15-29-16-18)33-23-20(19-9-4-3-5-10-19)11-6-12-21(23)30(2)24(32)25(26,27)28/h3-12,15-17,22,31H,13-14H2,1-2H3. The zero-order valence-electron chi connectivity index (χ0n) is 18.3. The SMILES string of the molecule is CC(Oc1c(-c2ccccc2)cccc1N(C)C(=O)C(F)(F)F)C(O)CCc1cccnc1. The summed E-state index contributed by atoms with van der Waals surface area (Å²) >= 11 is 0. The molecule has 1 amide bonds. The van der Waals surface area contributed by atoms with Gasteiger partial charge >= 0.3 is 12.1 Å². The number of amides is 1. The van der Waals surface area contributed by atoms with E-state index in [1.54, 1.807) is 61.8 Å². The molecule has 2 atom stereocenters. The van der Waals surface area contributed by atoms with Crippen molar-refractivity contribution in [1.82, 2.24) is 4.98 Å². The molecule has 0 saturated heterocycles. The minimum Gasteiger partial charge on any atom is -0.485 e. The van der Waals surface area contributed by atoms with E-state index in [0.29, 0.717) is 28.9 Å². The van der Waals surface area contributed by atoms with Gasteiger partial charge in [0.15, 0.2) is 5.75 Å². The molecule has 8 heteroatoms. The average molecular weight is 458 g/mol. The number of alkyl halides is 3. The predicted molar refractivity (Wildman–Crippen MR) is 120 cm³/mol. The molecule has 33 heavy (non-hydrogen) atoms. The number of benzene rings is 2. The molecule has 1 N–H and O–H groups in total. The van der Waals surface area contributed by atoms with Crippen LogP contribution in [0.5, 0.6) is 5.75 Å². The van der Waals surface area contributed by atoms with Gasteiger partial charge in [0, 0.05) is 25.0 Å². The summed E-state index contributed by atoms with van der Waals surface area (Å²) in [7, 11) is 1.05. The normalized spacial score (nSPS) is 13.3. The van der Waals surface area contributed by atoms with Crippen LogP contribution >= 0.6 is 0 Å². The van der Waals surface area contributed by atoms with Crippen molar-refractivity contribution in [2.45, 2.75) is 38.1 Å². The Labute approximate surface area is 190 Å². The molecule has 3 rings (SSSR count). The molecule has 5 nitrogen and oxygen atoms in total. The lowest BCUT2D eigenvalue weighted by Crippen LogP contribution is -2.39. The number of para-hydroxylation sites is 1. The monoisotopic (exact) mass is 458 g/mol. The van der Waals surface area contributed by atoms with Crippen LogP contribution in [0.25, 0.3) is 11.1 Å². The smallest absolute Gasteiger partial charge is 0.471 e. The van der Waals surface area contributed by atoms with Crippen molar-refractivity contribution >= 4 is 11.6 Å². The maximum absolute atomic E-state index is 13.1. The lowest BCUT2D eigenvalue weighted by atomic mass is 10.0. The molecular weight excluding hydrogens is 433 g/mol. The highest BCUT2D eigenvalue weighted by molar-refractivity contribution is 5.99. The minimum atomic E-state index is -5.04. The van der Waals surface area contributed by atoms with Crippen LogP contribution in [0.4, 0.5) is 18.9 Å². The summed E-state index contributed by atoms with van der Waals surface area (Å²) in [5.41, 5.74) is 2.13. The number of aromatic nitrogens is 1. The van der Waals surface area contributed by atoms with Crippen LogP contribution in [0, 0.1) is 0 Å². The molecule has 3 aromatic rings. The van der Waals surface area contributed by atoms with Crippen molar-refractivity contribution < 1.29 is 27.8 Å². The zero-order valence-corrected chi connectivity index (χ0v) is 18.3. The Hall–Kier alpha value is -3.39. The molecule has 0 aliphatic carbocycles. The Balaban J connectivity index is 1.91. The first-order valence-corrected chi connectivity index (χ1v) is 10.5. The number of hydrogen-bond donors (Lipinski definition) is 1. The second-order valence-corrected chi connectivity index (χ2v) is 7.67. The number of aliphatic hydroxyl groups excluding tert-OH is 1. The van der Waals surface area contributed by atoms with Gasteiger partial charge in [-0.25, -0.2) is 0 Å². The second-order valence-electron chi connectivity index (χ2n) is 7.67. The predicted octanol–water partition coefficient (Wildman–Crippen LogP) is 5.03. The zero-order chi connectivity index (χ0) is 24.0. The first-order valence-electron chi connectivity index (χ1n) is 10.5. The summed E-state index contributed by atoms with van der Waals surface area (Å²) in [5.74, 6) is -1.92. The van der Waals surface area contributed by atoms with Crippen molar-refractivity contribution in [3.8, 4) is 16.9 Å². The number of nitrogens with zero attached hydrogens (tertiary/aromatic N) is 2. The van der Waals surface area contributed by atoms with Gasteiger partial charge in [-0.1, -0.05) is 48.5 Å². The summed E-state index contributed by atoms with van der Waals surface area (Å²) < 4.78 is 45.4. The maximum atomic E-state index is 13.1. The number of halogens is 3. The van der Waals surface area contributed by atoms with Crippen molar-refractivity contribution in [1.29, 1.82) is 0 Å². The molecule has 0 aliphatic rings. The van der Waals surface area contributed by atoms with Crippen LogP contribution in [-0.2, 0) is 11.2 Å². The Kier molecular flexibility index (Phi) is 7.71. The van der Waals surface area contributed by atoms with Gasteiger partial charge in [-0.05, 0) is 43.0 Å². The van der Waals surface area contributed by atoms with E-state index in [4.69, 9.17) is 4.74 Å². The van der Waals surface area contributed by atoms with Crippen LogP contribution in [-0.4, -0.2) is 41.4 Å². The molecule has 0 aliphatic heterocycles. The van der Waals surface area contributed by atoms with Crippen LogP contribution in [0.15, 0.2) is 73.1 Å². The minimum absolute atomic E-state index is 0.0370. The van der Waals surface area contributed by atoms with Crippen molar-refractivity contribution in [2.75, 3.05) is 11.9 Å². The Bertz CT molecular complexity index is 1060. The van der Waals surface area contributed by atoms with Crippen molar-refractivity contribution in [3.05, 3.63) is 78.6 Å². The van der Waals surface area contributed by atoms with E-state index in [0.717, 1.165) is 12.6 Å². The summed E-state index contributed by atoms with van der Waals surface area (Å²) in [6, 6.07) is 17.3. The molecule has 0 fully saturated rings. The molecule has 0 saturated carbocycles. The number of carbonyl (C=O) groups is 1. The number of aliphatic hydroxyl groups is 1. The Morgan fingerprint density at radius 3 is 2.45 bits per heavy atom.